The van der Waals surface area contributed by atoms with Gasteiger partial charge in [-0.1, -0.05) is 67.2 Å². The highest BCUT2D eigenvalue weighted by molar-refractivity contribution is 6.66. The van der Waals surface area contributed by atoms with Gasteiger partial charge in [-0.05, 0) is 30.7 Å². The Kier molecular flexibility index (Phi) is 6.30. The van der Waals surface area contributed by atoms with Crippen LogP contribution in [0.1, 0.15) is 31.1 Å². The molecule has 2 aromatic carbocycles. The lowest BCUT2D eigenvalue weighted by Crippen LogP contribution is -2.46. The van der Waals surface area contributed by atoms with Crippen molar-refractivity contribution in [1.29, 1.82) is 0 Å². The quantitative estimate of drug-likeness (QED) is 0.666. The van der Waals surface area contributed by atoms with Gasteiger partial charge in [-0.25, -0.2) is 0 Å². The summed E-state index contributed by atoms with van der Waals surface area (Å²) in [6.07, 6.45) is -0.271. The molecule has 1 unspecified atom stereocenters. The van der Waals surface area contributed by atoms with Crippen molar-refractivity contribution >= 4 is 8.80 Å². The van der Waals surface area contributed by atoms with Crippen LogP contribution in [0, 0.1) is 0 Å². The van der Waals surface area contributed by atoms with Gasteiger partial charge in [0.1, 0.15) is 6.10 Å². The normalized spacial score (nSPS) is 14.0. The van der Waals surface area contributed by atoms with Gasteiger partial charge in [-0.15, -0.1) is 0 Å². The molecule has 122 valence electrons. The SMILES string of the molecule is C=C[Si](OC)(OC(C)C)OC(c1ccccc1)c1ccccc1. The van der Waals surface area contributed by atoms with E-state index < -0.39 is 8.80 Å². The summed E-state index contributed by atoms with van der Waals surface area (Å²) in [6, 6.07) is 20.2. The molecule has 0 bridgehead atoms. The molecular formula is C19H24O3Si. The summed E-state index contributed by atoms with van der Waals surface area (Å²) in [6.45, 7) is 7.82. The molecule has 2 aromatic rings. The van der Waals surface area contributed by atoms with Crippen molar-refractivity contribution in [3.05, 3.63) is 84.1 Å². The summed E-state index contributed by atoms with van der Waals surface area (Å²) in [5, 5.41) is 0. The van der Waals surface area contributed by atoms with E-state index in [-0.39, 0.29) is 12.2 Å². The van der Waals surface area contributed by atoms with Gasteiger partial charge in [0.25, 0.3) is 0 Å². The summed E-state index contributed by atoms with van der Waals surface area (Å²) in [5.41, 5.74) is 3.80. The van der Waals surface area contributed by atoms with Gasteiger partial charge in [-0.3, -0.25) is 0 Å². The Morgan fingerprint density at radius 3 is 1.70 bits per heavy atom. The van der Waals surface area contributed by atoms with E-state index in [1.807, 2.05) is 74.5 Å². The smallest absolute Gasteiger partial charge is 0.374 e. The van der Waals surface area contributed by atoms with Gasteiger partial charge in [0.2, 0.25) is 0 Å². The zero-order chi connectivity index (χ0) is 16.7. The third-order valence-electron chi connectivity index (χ3n) is 3.42. The van der Waals surface area contributed by atoms with Gasteiger partial charge in [0.15, 0.2) is 0 Å². The molecule has 0 saturated heterocycles. The van der Waals surface area contributed by atoms with Crippen molar-refractivity contribution in [2.45, 2.75) is 26.1 Å². The standard InChI is InChI=1S/C19H24O3Si/c1-5-23(20-4,21-16(2)3)22-19(17-12-8-6-9-13-17)18-14-10-7-11-15-18/h5-16,19H,1H2,2-4H3. The molecular weight excluding hydrogens is 304 g/mol. The summed E-state index contributed by atoms with van der Waals surface area (Å²) < 4.78 is 18.0. The molecule has 0 fully saturated rings. The van der Waals surface area contributed by atoms with Crippen molar-refractivity contribution < 1.29 is 13.3 Å². The Morgan fingerprint density at radius 1 is 0.870 bits per heavy atom. The summed E-state index contributed by atoms with van der Waals surface area (Å²) in [7, 11) is -1.36. The number of benzene rings is 2. The molecule has 0 aromatic heterocycles. The fourth-order valence-corrected chi connectivity index (χ4v) is 4.25. The lowest BCUT2D eigenvalue weighted by molar-refractivity contribution is 0.0443. The third-order valence-corrected chi connectivity index (χ3v) is 5.85. The molecule has 0 spiro atoms. The maximum atomic E-state index is 6.40. The molecule has 0 aliphatic heterocycles. The van der Waals surface area contributed by atoms with Crippen LogP contribution in [0.2, 0.25) is 0 Å². The fraction of sp³-hybridized carbons (Fsp3) is 0.263. The monoisotopic (exact) mass is 328 g/mol. The Hall–Kier alpha value is -1.72. The fourth-order valence-electron chi connectivity index (χ4n) is 2.38. The molecule has 0 aliphatic carbocycles. The maximum absolute atomic E-state index is 6.40. The average Bonchev–Trinajstić information content (AvgIpc) is 2.60. The van der Waals surface area contributed by atoms with E-state index >= 15 is 0 Å². The predicted octanol–water partition coefficient (Wildman–Crippen LogP) is 4.53. The van der Waals surface area contributed by atoms with Crippen LogP contribution < -0.4 is 0 Å². The Balaban J connectivity index is 2.39. The van der Waals surface area contributed by atoms with E-state index in [1.54, 1.807) is 12.8 Å². The van der Waals surface area contributed by atoms with Crippen LogP contribution in [0.15, 0.2) is 72.9 Å². The number of rotatable bonds is 8. The highest BCUT2D eigenvalue weighted by Gasteiger charge is 2.41. The van der Waals surface area contributed by atoms with Crippen LogP contribution in [-0.4, -0.2) is 22.0 Å². The molecule has 3 nitrogen and oxygen atoms in total. The molecule has 23 heavy (non-hydrogen) atoms. The third kappa shape index (κ3) is 4.62. The minimum absolute atomic E-state index is 0.00758. The van der Waals surface area contributed by atoms with E-state index in [2.05, 4.69) is 6.58 Å². The Bertz CT molecular complexity index is 561. The lowest BCUT2D eigenvalue weighted by atomic mass is 10.0. The minimum Gasteiger partial charge on any atom is -0.374 e. The largest absolute Gasteiger partial charge is 0.529 e. The predicted molar refractivity (Wildman–Crippen MR) is 95.0 cm³/mol. The highest BCUT2D eigenvalue weighted by atomic mass is 28.4. The zero-order valence-corrected chi connectivity index (χ0v) is 14.9. The second-order valence-electron chi connectivity index (χ2n) is 5.50. The summed E-state index contributed by atoms with van der Waals surface area (Å²) in [4.78, 5) is 0. The second kappa shape index (κ2) is 8.22. The maximum Gasteiger partial charge on any atom is 0.529 e. The van der Waals surface area contributed by atoms with Gasteiger partial charge < -0.3 is 13.3 Å². The van der Waals surface area contributed by atoms with E-state index in [1.165, 1.54) is 0 Å². The molecule has 0 N–H and O–H groups in total. The van der Waals surface area contributed by atoms with Gasteiger partial charge in [0, 0.05) is 13.2 Å². The van der Waals surface area contributed by atoms with Gasteiger partial charge in [0.05, 0.1) is 0 Å². The summed E-state index contributed by atoms with van der Waals surface area (Å²) >= 11 is 0. The first-order valence-electron chi connectivity index (χ1n) is 7.74. The van der Waals surface area contributed by atoms with Crippen LogP contribution in [0.4, 0.5) is 0 Å². The van der Waals surface area contributed by atoms with Crippen molar-refractivity contribution in [2.75, 3.05) is 7.11 Å². The topological polar surface area (TPSA) is 27.7 Å². The molecule has 0 aliphatic rings. The first kappa shape index (κ1) is 17.6. The molecule has 2 rings (SSSR count). The first-order chi connectivity index (χ1) is 11.1. The van der Waals surface area contributed by atoms with Crippen LogP contribution in [-0.2, 0) is 13.3 Å². The molecule has 1 atom stereocenters. The molecule has 0 radical (unpaired) electrons. The van der Waals surface area contributed by atoms with Crippen molar-refractivity contribution in [3.8, 4) is 0 Å². The first-order valence-corrected chi connectivity index (χ1v) is 9.54. The van der Waals surface area contributed by atoms with Crippen LogP contribution in [0.25, 0.3) is 0 Å². The molecule has 4 heteroatoms. The van der Waals surface area contributed by atoms with E-state index in [0.717, 1.165) is 11.1 Å². The lowest BCUT2D eigenvalue weighted by Gasteiger charge is -2.31. The van der Waals surface area contributed by atoms with Crippen LogP contribution in [0.5, 0.6) is 0 Å². The van der Waals surface area contributed by atoms with Gasteiger partial charge >= 0.3 is 8.80 Å². The Morgan fingerprint density at radius 2 is 1.35 bits per heavy atom. The molecule has 0 heterocycles. The van der Waals surface area contributed by atoms with Crippen LogP contribution in [0.3, 0.4) is 0 Å². The van der Waals surface area contributed by atoms with Crippen molar-refractivity contribution in [2.24, 2.45) is 0 Å². The highest BCUT2D eigenvalue weighted by Crippen LogP contribution is 2.30. The molecule has 0 saturated carbocycles. The second-order valence-corrected chi connectivity index (χ2v) is 7.99. The van der Waals surface area contributed by atoms with E-state index in [0.29, 0.717) is 0 Å². The number of hydrogen-bond donors (Lipinski definition) is 0. The zero-order valence-electron chi connectivity index (χ0n) is 13.9. The number of hydrogen-bond acceptors (Lipinski definition) is 3. The summed E-state index contributed by atoms with van der Waals surface area (Å²) in [5.74, 6) is 0. The van der Waals surface area contributed by atoms with Crippen molar-refractivity contribution in [1.82, 2.24) is 0 Å². The average molecular weight is 328 g/mol. The Labute approximate surface area is 139 Å². The van der Waals surface area contributed by atoms with Gasteiger partial charge in [-0.2, -0.15) is 0 Å². The van der Waals surface area contributed by atoms with Crippen LogP contribution >= 0.6 is 0 Å². The van der Waals surface area contributed by atoms with Crippen molar-refractivity contribution in [3.63, 3.8) is 0 Å². The molecule has 0 amide bonds. The minimum atomic E-state index is -2.97. The van der Waals surface area contributed by atoms with E-state index in [9.17, 15) is 0 Å². The van der Waals surface area contributed by atoms with E-state index in [4.69, 9.17) is 13.3 Å².